The Morgan fingerprint density at radius 1 is 1.11 bits per heavy atom. The third-order valence-corrected chi connectivity index (χ3v) is 6.54. The maximum absolute atomic E-state index is 12.0. The van der Waals surface area contributed by atoms with Crippen LogP contribution in [-0.2, 0) is 14.3 Å². The van der Waals surface area contributed by atoms with Crippen LogP contribution in [0.4, 0.5) is 5.69 Å². The van der Waals surface area contributed by atoms with Crippen LogP contribution in [0.3, 0.4) is 0 Å². The molecule has 0 saturated heterocycles. The van der Waals surface area contributed by atoms with E-state index in [2.05, 4.69) is 43.1 Å². The van der Waals surface area contributed by atoms with E-state index >= 15 is 0 Å². The molecule has 7 heteroatoms. The van der Waals surface area contributed by atoms with Gasteiger partial charge in [0.15, 0.2) is 0 Å². The molecule has 0 saturated carbocycles. The molecule has 0 aromatic heterocycles. The summed E-state index contributed by atoms with van der Waals surface area (Å²) in [6.07, 6.45) is 3.90. The molecule has 2 aromatic rings. The number of allylic oxidation sites excluding steroid dienone is 1. The Hall–Kier alpha value is -3.58. The van der Waals surface area contributed by atoms with Crippen LogP contribution in [0.5, 0.6) is 5.75 Å². The molecule has 0 aliphatic heterocycles. The van der Waals surface area contributed by atoms with Crippen LogP contribution >= 0.6 is 0 Å². The van der Waals surface area contributed by atoms with Crippen molar-refractivity contribution >= 4 is 17.6 Å². The van der Waals surface area contributed by atoms with Gasteiger partial charge in [0.1, 0.15) is 17.6 Å². The van der Waals surface area contributed by atoms with E-state index in [0.717, 1.165) is 16.7 Å². The second-order valence-electron chi connectivity index (χ2n) is 9.67. The van der Waals surface area contributed by atoms with E-state index in [-0.39, 0.29) is 30.6 Å². The summed E-state index contributed by atoms with van der Waals surface area (Å²) in [6.45, 7) is 12.7. The average molecular weight is 507 g/mol. The molecule has 0 bridgehead atoms. The largest absolute Gasteiger partial charge is 0.508 e. The van der Waals surface area contributed by atoms with E-state index in [0.29, 0.717) is 24.4 Å². The normalized spacial score (nSPS) is 16.2. The number of benzene rings is 2. The lowest BCUT2D eigenvalue weighted by molar-refractivity contribution is -0.152. The lowest BCUT2D eigenvalue weighted by Gasteiger charge is -2.35. The molecule has 1 amide bonds. The second-order valence-corrected chi connectivity index (χ2v) is 9.67. The van der Waals surface area contributed by atoms with Crippen molar-refractivity contribution in [1.82, 2.24) is 4.90 Å². The van der Waals surface area contributed by atoms with Crippen LogP contribution < -0.4 is 10.1 Å². The first-order chi connectivity index (χ1) is 17.6. The van der Waals surface area contributed by atoms with Gasteiger partial charge in [0, 0.05) is 30.7 Å². The van der Waals surface area contributed by atoms with Gasteiger partial charge < -0.3 is 19.9 Å². The monoisotopic (exact) mass is 506 g/mol. The van der Waals surface area contributed by atoms with Gasteiger partial charge in [-0.1, -0.05) is 30.3 Å². The zero-order valence-electron chi connectivity index (χ0n) is 22.6. The Balaban J connectivity index is 1.71. The molecule has 0 spiro atoms. The van der Waals surface area contributed by atoms with Crippen molar-refractivity contribution < 1.29 is 24.2 Å². The summed E-state index contributed by atoms with van der Waals surface area (Å²) in [5, 5.41) is 13.3. The van der Waals surface area contributed by atoms with E-state index in [9.17, 15) is 14.7 Å². The Morgan fingerprint density at radius 3 is 2.35 bits per heavy atom. The molecule has 3 rings (SSSR count). The summed E-state index contributed by atoms with van der Waals surface area (Å²) in [4.78, 5) is 26.0. The molecule has 2 N–H and O–H groups in total. The highest BCUT2D eigenvalue weighted by Crippen LogP contribution is 2.32. The average Bonchev–Trinajstić information content (AvgIpc) is 2.86. The number of esters is 1. The molecule has 0 fully saturated rings. The number of rotatable bonds is 9. The number of carbonyl (C=O) groups excluding carboxylic acids is 2. The predicted octanol–water partition coefficient (Wildman–Crippen LogP) is 5.80. The minimum Gasteiger partial charge on any atom is -0.508 e. The predicted molar refractivity (Wildman–Crippen MR) is 146 cm³/mol. The molecule has 1 aliphatic carbocycles. The number of nitrogens with zero attached hydrogens (tertiary/aromatic N) is 1. The molecule has 0 radical (unpaired) electrons. The van der Waals surface area contributed by atoms with E-state index in [4.69, 9.17) is 9.47 Å². The highest BCUT2D eigenvalue weighted by atomic mass is 16.5. The van der Waals surface area contributed by atoms with Crippen molar-refractivity contribution in [2.75, 3.05) is 18.5 Å². The minimum absolute atomic E-state index is 0.137. The number of nitrogens with one attached hydrogen (secondary N) is 1. The molecule has 2 aromatic carbocycles. The molecular formula is C30H38N2O5. The Labute approximate surface area is 219 Å². The summed E-state index contributed by atoms with van der Waals surface area (Å²) in [7, 11) is 0. The van der Waals surface area contributed by atoms with E-state index < -0.39 is 11.9 Å². The molecule has 2 unspecified atom stereocenters. The summed E-state index contributed by atoms with van der Waals surface area (Å²) < 4.78 is 11.1. The quantitative estimate of drug-likeness (QED) is 0.330. The number of hydrogen-bond acceptors (Lipinski definition) is 6. The van der Waals surface area contributed by atoms with Gasteiger partial charge in [-0.2, -0.15) is 0 Å². The fraction of sp³-hybridized carbons (Fsp3) is 0.400. The Morgan fingerprint density at radius 2 is 1.76 bits per heavy atom. The van der Waals surface area contributed by atoms with Crippen LogP contribution in [0.15, 0.2) is 65.9 Å². The van der Waals surface area contributed by atoms with E-state index in [1.54, 1.807) is 25.1 Å². The number of hydrogen-bond donors (Lipinski definition) is 2. The van der Waals surface area contributed by atoms with Gasteiger partial charge in [-0.15, -0.1) is 0 Å². The Bertz CT molecular complexity index is 1150. The summed E-state index contributed by atoms with van der Waals surface area (Å²) in [5.41, 5.74) is 4.32. The lowest BCUT2D eigenvalue weighted by Crippen LogP contribution is -2.36. The van der Waals surface area contributed by atoms with E-state index in [1.807, 2.05) is 38.1 Å². The van der Waals surface area contributed by atoms with Gasteiger partial charge in [-0.3, -0.25) is 9.69 Å². The topological polar surface area (TPSA) is 88.1 Å². The lowest BCUT2D eigenvalue weighted by atomic mass is 9.97. The van der Waals surface area contributed by atoms with Crippen molar-refractivity contribution in [3.63, 3.8) is 0 Å². The van der Waals surface area contributed by atoms with E-state index in [1.165, 1.54) is 5.56 Å². The van der Waals surface area contributed by atoms with Gasteiger partial charge in [-0.25, -0.2) is 4.79 Å². The molecular weight excluding hydrogens is 468 g/mol. The van der Waals surface area contributed by atoms with Crippen LogP contribution in [0.25, 0.3) is 0 Å². The highest BCUT2D eigenvalue weighted by Gasteiger charge is 2.25. The van der Waals surface area contributed by atoms with Gasteiger partial charge in [0.2, 0.25) is 0 Å². The van der Waals surface area contributed by atoms with Gasteiger partial charge >= 0.3 is 11.9 Å². The number of carbonyl (C=O) groups is 2. The second kappa shape index (κ2) is 12.6. The smallest absolute Gasteiger partial charge is 0.397 e. The zero-order chi connectivity index (χ0) is 27.1. The van der Waals surface area contributed by atoms with Crippen molar-refractivity contribution in [2.45, 2.75) is 66.2 Å². The van der Waals surface area contributed by atoms with Gasteiger partial charge in [0.05, 0.1) is 6.61 Å². The Kier molecular flexibility index (Phi) is 9.53. The number of aryl methyl sites for hydroxylation is 2. The third-order valence-electron chi connectivity index (χ3n) is 6.54. The van der Waals surface area contributed by atoms with Gasteiger partial charge in [0.25, 0.3) is 0 Å². The van der Waals surface area contributed by atoms with Crippen LogP contribution in [-0.4, -0.2) is 47.2 Å². The van der Waals surface area contributed by atoms with Crippen LogP contribution in [0, 0.1) is 13.8 Å². The number of aliphatic hydroxyl groups excluding tert-OH is 1. The first-order valence-corrected chi connectivity index (χ1v) is 12.8. The summed E-state index contributed by atoms with van der Waals surface area (Å²) >= 11 is 0. The minimum atomic E-state index is -0.915. The number of ether oxygens (including phenoxy) is 2. The third kappa shape index (κ3) is 7.23. The maximum atomic E-state index is 12.0. The first kappa shape index (κ1) is 28.0. The van der Waals surface area contributed by atoms with Crippen molar-refractivity contribution in [3.8, 4) is 5.75 Å². The number of aliphatic hydroxyl groups is 1. The van der Waals surface area contributed by atoms with Crippen molar-refractivity contribution in [1.29, 1.82) is 0 Å². The fourth-order valence-electron chi connectivity index (χ4n) is 4.61. The first-order valence-electron chi connectivity index (χ1n) is 12.8. The molecule has 37 heavy (non-hydrogen) atoms. The SMILES string of the molecule is CCOC(=O)C(=O)Nc1cc(C)c(OC2C=CC(O)=C(CN(C(C)C)C(C)c3ccccc3)C2)c(C)c1. The standard InChI is InChI=1S/C30H38N2O5/c1-7-36-30(35)29(34)31-25-15-20(4)28(21(5)16-25)37-26-13-14-27(33)24(17-26)18-32(19(2)3)22(6)23-11-9-8-10-12-23/h8-16,19,22,26,33H,7,17-18H2,1-6H3,(H,31,34). The van der Waals surface area contributed by atoms with Crippen molar-refractivity contribution in [3.05, 3.63) is 82.6 Å². The highest BCUT2D eigenvalue weighted by molar-refractivity contribution is 6.37. The maximum Gasteiger partial charge on any atom is 0.397 e. The fourth-order valence-corrected chi connectivity index (χ4v) is 4.61. The zero-order valence-corrected chi connectivity index (χ0v) is 22.6. The number of amides is 1. The summed E-state index contributed by atoms with van der Waals surface area (Å²) in [6, 6.07) is 14.4. The molecule has 2 atom stereocenters. The number of anilines is 1. The van der Waals surface area contributed by atoms with Gasteiger partial charge in [-0.05, 0) is 88.1 Å². The molecule has 198 valence electrons. The van der Waals surface area contributed by atoms with Crippen LogP contribution in [0.1, 0.15) is 56.8 Å². The molecule has 0 heterocycles. The molecule has 7 nitrogen and oxygen atoms in total. The summed E-state index contributed by atoms with van der Waals surface area (Å²) in [5.74, 6) is -0.727. The van der Waals surface area contributed by atoms with Crippen molar-refractivity contribution in [2.24, 2.45) is 0 Å². The molecule has 1 aliphatic rings. The van der Waals surface area contributed by atoms with Crippen LogP contribution in [0.2, 0.25) is 0 Å².